The van der Waals surface area contributed by atoms with Crippen LogP contribution in [0.4, 0.5) is 0 Å². The first-order valence-corrected chi connectivity index (χ1v) is 4.10. The van der Waals surface area contributed by atoms with Crippen molar-refractivity contribution in [3.05, 3.63) is 28.4 Å². The molecule has 0 aliphatic rings. The quantitative estimate of drug-likeness (QED) is 0.484. The van der Waals surface area contributed by atoms with E-state index in [1.165, 1.54) is 0 Å². The number of rotatable bonds is 0. The molecule has 0 aromatic carbocycles. The summed E-state index contributed by atoms with van der Waals surface area (Å²) in [5, 5.41) is 0.691. The third kappa shape index (κ3) is 1.15. The SMILES string of the molecule is Cc1cn2c(Cl)nc(Cl)cc2n1. The highest BCUT2D eigenvalue weighted by molar-refractivity contribution is 6.32. The molecule has 5 heteroatoms. The zero-order valence-electron chi connectivity index (χ0n) is 6.25. The van der Waals surface area contributed by atoms with Gasteiger partial charge in [0.05, 0.1) is 5.69 Å². The summed E-state index contributed by atoms with van der Waals surface area (Å²) in [6.07, 6.45) is 1.81. The lowest BCUT2D eigenvalue weighted by atomic mass is 10.6. The second-order valence-electron chi connectivity index (χ2n) is 2.46. The van der Waals surface area contributed by atoms with Gasteiger partial charge >= 0.3 is 0 Å². The zero-order chi connectivity index (χ0) is 8.72. The van der Waals surface area contributed by atoms with E-state index >= 15 is 0 Å². The van der Waals surface area contributed by atoms with E-state index in [9.17, 15) is 0 Å². The summed E-state index contributed by atoms with van der Waals surface area (Å²) >= 11 is 11.5. The second-order valence-corrected chi connectivity index (χ2v) is 3.18. The molecule has 2 rings (SSSR count). The van der Waals surface area contributed by atoms with Crippen LogP contribution in [0.25, 0.3) is 5.65 Å². The van der Waals surface area contributed by atoms with Crippen LogP contribution in [0.15, 0.2) is 12.3 Å². The Kier molecular flexibility index (Phi) is 1.70. The molecule has 0 aliphatic carbocycles. The van der Waals surface area contributed by atoms with Gasteiger partial charge in [0.1, 0.15) is 10.8 Å². The summed E-state index contributed by atoms with van der Waals surface area (Å²) < 4.78 is 1.68. The molecule has 0 spiro atoms. The normalized spacial score (nSPS) is 10.9. The molecule has 12 heavy (non-hydrogen) atoms. The molecule has 0 radical (unpaired) electrons. The van der Waals surface area contributed by atoms with Gasteiger partial charge in [-0.2, -0.15) is 0 Å². The minimum atomic E-state index is 0.332. The van der Waals surface area contributed by atoms with Gasteiger partial charge in [0.15, 0.2) is 0 Å². The van der Waals surface area contributed by atoms with Gasteiger partial charge in [-0.25, -0.2) is 9.97 Å². The van der Waals surface area contributed by atoms with E-state index in [-0.39, 0.29) is 0 Å². The predicted octanol–water partition coefficient (Wildman–Crippen LogP) is 2.34. The molecule has 0 aliphatic heterocycles. The average molecular weight is 202 g/mol. The molecule has 0 bridgehead atoms. The summed E-state index contributed by atoms with van der Waals surface area (Å²) in [6, 6.07) is 1.67. The summed E-state index contributed by atoms with van der Waals surface area (Å²) in [6.45, 7) is 1.89. The van der Waals surface area contributed by atoms with Crippen LogP contribution in [0.3, 0.4) is 0 Å². The minimum absolute atomic E-state index is 0.332. The van der Waals surface area contributed by atoms with Crippen molar-refractivity contribution in [3.8, 4) is 0 Å². The zero-order valence-corrected chi connectivity index (χ0v) is 7.76. The minimum Gasteiger partial charge on any atom is -0.274 e. The van der Waals surface area contributed by atoms with E-state index in [0.29, 0.717) is 10.4 Å². The first-order valence-electron chi connectivity index (χ1n) is 3.34. The highest BCUT2D eigenvalue weighted by atomic mass is 35.5. The fraction of sp³-hybridized carbons (Fsp3) is 0.143. The van der Waals surface area contributed by atoms with Crippen LogP contribution in [0.2, 0.25) is 10.4 Å². The van der Waals surface area contributed by atoms with E-state index in [1.807, 2.05) is 6.92 Å². The van der Waals surface area contributed by atoms with Crippen molar-refractivity contribution in [1.82, 2.24) is 14.4 Å². The Morgan fingerprint density at radius 2 is 2.08 bits per heavy atom. The van der Waals surface area contributed by atoms with Gasteiger partial charge in [-0.15, -0.1) is 0 Å². The van der Waals surface area contributed by atoms with Gasteiger partial charge in [-0.3, -0.25) is 4.40 Å². The Labute approximate surface area is 79.0 Å². The lowest BCUT2D eigenvalue weighted by molar-refractivity contribution is 1.09. The summed E-state index contributed by atoms with van der Waals surface area (Å²) in [4.78, 5) is 8.06. The van der Waals surface area contributed by atoms with Crippen molar-refractivity contribution in [3.63, 3.8) is 0 Å². The molecule has 2 aromatic rings. The third-order valence-corrected chi connectivity index (χ3v) is 1.96. The van der Waals surface area contributed by atoms with E-state index in [2.05, 4.69) is 9.97 Å². The molecule has 2 aromatic heterocycles. The van der Waals surface area contributed by atoms with Gasteiger partial charge in [-0.05, 0) is 18.5 Å². The smallest absolute Gasteiger partial charge is 0.209 e. The monoisotopic (exact) mass is 201 g/mol. The summed E-state index contributed by atoms with van der Waals surface area (Å²) in [7, 11) is 0. The summed E-state index contributed by atoms with van der Waals surface area (Å²) in [5.41, 5.74) is 1.61. The lowest BCUT2D eigenvalue weighted by Gasteiger charge is -1.95. The Bertz CT molecular complexity index is 435. The van der Waals surface area contributed by atoms with E-state index in [1.54, 1.807) is 16.7 Å². The molecule has 0 unspecified atom stereocenters. The number of imidazole rings is 1. The van der Waals surface area contributed by atoms with Crippen molar-refractivity contribution in [2.45, 2.75) is 6.92 Å². The van der Waals surface area contributed by atoms with Crippen molar-refractivity contribution < 1.29 is 0 Å². The van der Waals surface area contributed by atoms with Crippen molar-refractivity contribution in [2.75, 3.05) is 0 Å². The molecular formula is C7H5Cl2N3. The molecule has 0 saturated carbocycles. The molecule has 0 N–H and O–H groups in total. The highest BCUT2D eigenvalue weighted by Crippen LogP contribution is 2.15. The highest BCUT2D eigenvalue weighted by Gasteiger charge is 2.03. The number of fused-ring (bicyclic) bond motifs is 1. The largest absolute Gasteiger partial charge is 0.274 e. The molecule has 3 nitrogen and oxygen atoms in total. The van der Waals surface area contributed by atoms with Crippen LogP contribution in [0.1, 0.15) is 5.69 Å². The van der Waals surface area contributed by atoms with Gasteiger partial charge < -0.3 is 0 Å². The number of hydrogen-bond acceptors (Lipinski definition) is 2. The molecule has 0 fully saturated rings. The van der Waals surface area contributed by atoms with Crippen LogP contribution >= 0.6 is 23.2 Å². The van der Waals surface area contributed by atoms with Crippen molar-refractivity contribution in [2.24, 2.45) is 0 Å². The predicted molar refractivity (Wildman–Crippen MR) is 47.7 cm³/mol. The van der Waals surface area contributed by atoms with Crippen LogP contribution < -0.4 is 0 Å². The van der Waals surface area contributed by atoms with E-state index in [4.69, 9.17) is 23.2 Å². The number of halogens is 2. The molecule has 0 amide bonds. The van der Waals surface area contributed by atoms with Crippen molar-refractivity contribution >= 4 is 28.8 Å². The number of hydrogen-bond donors (Lipinski definition) is 0. The maximum atomic E-state index is 5.80. The second kappa shape index (κ2) is 2.61. The molecule has 0 atom stereocenters. The number of aromatic nitrogens is 3. The fourth-order valence-electron chi connectivity index (χ4n) is 1.05. The Morgan fingerprint density at radius 3 is 2.83 bits per heavy atom. The Balaban J connectivity index is 2.88. The lowest BCUT2D eigenvalue weighted by Crippen LogP contribution is -1.88. The topological polar surface area (TPSA) is 30.2 Å². The van der Waals surface area contributed by atoms with Crippen LogP contribution in [-0.4, -0.2) is 14.4 Å². The molecule has 62 valence electrons. The standard InChI is InChI=1S/C7H5Cl2N3/c1-4-3-12-6(10-4)2-5(8)11-7(12)9/h2-3H,1H3. The third-order valence-electron chi connectivity index (χ3n) is 1.50. The van der Waals surface area contributed by atoms with Crippen LogP contribution in [-0.2, 0) is 0 Å². The average Bonchev–Trinajstić information content (AvgIpc) is 2.29. The molecule has 0 saturated heterocycles. The molecule has 2 heterocycles. The number of nitrogens with zero attached hydrogens (tertiary/aromatic N) is 3. The first kappa shape index (κ1) is 7.83. The Morgan fingerprint density at radius 1 is 1.33 bits per heavy atom. The van der Waals surface area contributed by atoms with Crippen molar-refractivity contribution in [1.29, 1.82) is 0 Å². The van der Waals surface area contributed by atoms with Gasteiger partial charge in [0.25, 0.3) is 0 Å². The fourth-order valence-corrected chi connectivity index (χ4v) is 1.49. The van der Waals surface area contributed by atoms with Gasteiger partial charge in [-0.1, -0.05) is 11.6 Å². The summed E-state index contributed by atoms with van der Waals surface area (Å²) in [5.74, 6) is 0. The van der Waals surface area contributed by atoms with Gasteiger partial charge in [0, 0.05) is 12.3 Å². The first-order chi connectivity index (χ1) is 5.66. The van der Waals surface area contributed by atoms with Gasteiger partial charge in [0.2, 0.25) is 5.28 Å². The van der Waals surface area contributed by atoms with E-state index < -0.39 is 0 Å². The van der Waals surface area contributed by atoms with E-state index in [0.717, 1.165) is 11.3 Å². The maximum absolute atomic E-state index is 5.80. The maximum Gasteiger partial charge on any atom is 0.209 e. The number of aryl methyl sites for hydroxylation is 1. The van der Waals surface area contributed by atoms with Crippen LogP contribution in [0, 0.1) is 6.92 Å². The Hall–Kier alpha value is -0.800. The molecular weight excluding hydrogens is 197 g/mol. The van der Waals surface area contributed by atoms with Crippen LogP contribution in [0.5, 0.6) is 0 Å².